The summed E-state index contributed by atoms with van der Waals surface area (Å²) in [5.74, 6) is 0.636. The van der Waals surface area contributed by atoms with Gasteiger partial charge in [-0.25, -0.2) is 0 Å². The molecular weight excluding hydrogens is 414 g/mol. The molecule has 184 valence electrons. The van der Waals surface area contributed by atoms with Crippen LogP contribution in [0.2, 0.25) is 0 Å². The quantitative estimate of drug-likeness (QED) is 0.580. The molecule has 2 N–H and O–H groups in total. The maximum Gasteiger partial charge on any atom is 0.251 e. The van der Waals surface area contributed by atoms with Gasteiger partial charge in [0.15, 0.2) is 5.78 Å². The van der Waals surface area contributed by atoms with Gasteiger partial charge in [0.25, 0.3) is 5.91 Å². The van der Waals surface area contributed by atoms with E-state index in [1.54, 1.807) is 0 Å². The number of Topliss-reactive ketones (excluding diaryl/α,β-unsaturated/α-hetero) is 1. The number of hydrogen-bond donors (Lipinski definition) is 2. The molecule has 6 nitrogen and oxygen atoms in total. The van der Waals surface area contributed by atoms with Crippen molar-refractivity contribution in [2.75, 3.05) is 19.6 Å². The number of benzene rings is 1. The van der Waals surface area contributed by atoms with E-state index < -0.39 is 0 Å². The molecule has 1 aromatic rings. The van der Waals surface area contributed by atoms with Gasteiger partial charge in [-0.1, -0.05) is 38.3 Å². The standard InChI is InChI=1S/C27H39N3O3.2H2/c1-2-24(31)26(19-8-4-3-5-9-19)29-27(33)21-11-6-10-20(16-21)22-12-7-15-30(18-22)25(32)17-28-23-13-14-23;;/h6,10-11,16,19,22-23,26,28H,2-5,7-9,12-15,17-18H2,1H3,(H,29,33);2*1H/t22-,26+;;/m0../s1. The molecule has 3 fully saturated rings. The van der Waals surface area contributed by atoms with E-state index in [1.165, 1.54) is 19.3 Å². The molecule has 6 heteroatoms. The third-order valence-electron chi connectivity index (χ3n) is 7.62. The molecule has 0 unspecified atom stereocenters. The molecule has 0 bridgehead atoms. The van der Waals surface area contributed by atoms with Gasteiger partial charge in [0.1, 0.15) is 0 Å². The normalized spacial score (nSPS) is 22.6. The van der Waals surface area contributed by atoms with E-state index in [0.29, 0.717) is 31.1 Å². The third kappa shape index (κ3) is 6.44. The van der Waals surface area contributed by atoms with Crippen LogP contribution < -0.4 is 10.6 Å². The number of carbonyl (C=O) groups is 3. The van der Waals surface area contributed by atoms with E-state index in [-0.39, 0.29) is 38.3 Å². The van der Waals surface area contributed by atoms with Crippen LogP contribution in [0.3, 0.4) is 0 Å². The second-order valence-electron chi connectivity index (χ2n) is 10.1. The van der Waals surface area contributed by atoms with Crippen LogP contribution in [0.4, 0.5) is 0 Å². The fraction of sp³-hybridized carbons (Fsp3) is 0.667. The van der Waals surface area contributed by atoms with Crippen LogP contribution in [0.15, 0.2) is 24.3 Å². The number of rotatable bonds is 9. The Morgan fingerprint density at radius 3 is 2.58 bits per heavy atom. The fourth-order valence-corrected chi connectivity index (χ4v) is 5.41. The van der Waals surface area contributed by atoms with Gasteiger partial charge >= 0.3 is 0 Å². The van der Waals surface area contributed by atoms with Crippen molar-refractivity contribution in [1.82, 2.24) is 15.5 Å². The summed E-state index contributed by atoms with van der Waals surface area (Å²) in [7, 11) is 0. The monoisotopic (exact) mass is 457 g/mol. The first-order valence-electron chi connectivity index (χ1n) is 13.0. The lowest BCUT2D eigenvalue weighted by molar-refractivity contribution is -0.131. The summed E-state index contributed by atoms with van der Waals surface area (Å²) in [4.78, 5) is 40.4. The smallest absolute Gasteiger partial charge is 0.251 e. The van der Waals surface area contributed by atoms with Crippen molar-refractivity contribution in [3.63, 3.8) is 0 Å². The van der Waals surface area contributed by atoms with Crippen molar-refractivity contribution < 1.29 is 17.2 Å². The highest BCUT2D eigenvalue weighted by Gasteiger charge is 2.31. The van der Waals surface area contributed by atoms with Gasteiger partial charge in [0.05, 0.1) is 12.6 Å². The Bertz CT molecular complexity index is 856. The van der Waals surface area contributed by atoms with Crippen molar-refractivity contribution in [3.8, 4) is 0 Å². The van der Waals surface area contributed by atoms with E-state index in [1.807, 2.05) is 30.0 Å². The number of piperidine rings is 1. The van der Waals surface area contributed by atoms with Gasteiger partial charge in [0, 0.05) is 39.9 Å². The number of nitrogens with one attached hydrogen (secondary N) is 2. The predicted octanol–water partition coefficient (Wildman–Crippen LogP) is 4.29. The van der Waals surface area contributed by atoms with Crippen LogP contribution in [-0.2, 0) is 9.59 Å². The fourth-order valence-electron chi connectivity index (χ4n) is 5.41. The number of hydrogen-bond acceptors (Lipinski definition) is 4. The number of likely N-dealkylation sites (tertiary alicyclic amines) is 1. The average Bonchev–Trinajstić information content (AvgIpc) is 3.70. The molecule has 1 heterocycles. The van der Waals surface area contributed by atoms with Gasteiger partial charge in [0.2, 0.25) is 5.91 Å². The van der Waals surface area contributed by atoms with Crippen LogP contribution in [-0.4, -0.2) is 54.2 Å². The molecule has 2 saturated carbocycles. The number of nitrogens with zero attached hydrogens (tertiary/aromatic N) is 1. The van der Waals surface area contributed by atoms with Crippen molar-refractivity contribution in [1.29, 1.82) is 0 Å². The average molecular weight is 458 g/mol. The summed E-state index contributed by atoms with van der Waals surface area (Å²) < 4.78 is 0. The SMILES string of the molecule is CCC(=O)[C@H](NC(=O)c1cccc([C@H]2CCCN(C(=O)CNC3CC3)C2)c1)C1CCCCC1.[HH].[HH]. The molecule has 0 radical (unpaired) electrons. The van der Waals surface area contributed by atoms with Crippen LogP contribution in [0.1, 0.15) is 95.8 Å². The van der Waals surface area contributed by atoms with Crippen LogP contribution in [0, 0.1) is 5.92 Å². The Balaban J connectivity index is 0.00000216. The zero-order valence-electron chi connectivity index (χ0n) is 20.0. The molecule has 2 aliphatic carbocycles. The largest absolute Gasteiger partial charge is 0.342 e. The van der Waals surface area contributed by atoms with E-state index >= 15 is 0 Å². The Labute approximate surface area is 200 Å². The molecule has 2 atom stereocenters. The molecule has 0 spiro atoms. The van der Waals surface area contributed by atoms with Crippen LogP contribution >= 0.6 is 0 Å². The number of ketones is 1. The Morgan fingerprint density at radius 2 is 1.85 bits per heavy atom. The second-order valence-corrected chi connectivity index (χ2v) is 10.1. The minimum absolute atomic E-state index is 0. The number of amides is 2. The van der Waals surface area contributed by atoms with Crippen molar-refractivity contribution >= 4 is 17.6 Å². The minimum atomic E-state index is -0.381. The van der Waals surface area contributed by atoms with Crippen LogP contribution in [0.25, 0.3) is 0 Å². The van der Waals surface area contributed by atoms with E-state index in [4.69, 9.17) is 0 Å². The highest BCUT2D eigenvalue weighted by Crippen LogP contribution is 2.29. The molecule has 1 aliphatic heterocycles. The van der Waals surface area contributed by atoms with Gasteiger partial charge in [-0.05, 0) is 62.1 Å². The first kappa shape index (κ1) is 23.9. The van der Waals surface area contributed by atoms with Gasteiger partial charge < -0.3 is 15.5 Å². The third-order valence-corrected chi connectivity index (χ3v) is 7.62. The molecule has 1 aromatic carbocycles. The highest BCUT2D eigenvalue weighted by molar-refractivity contribution is 5.98. The molecule has 2 amide bonds. The second kappa shape index (κ2) is 11.3. The maximum atomic E-state index is 13.1. The zero-order valence-corrected chi connectivity index (χ0v) is 20.0. The van der Waals surface area contributed by atoms with Gasteiger partial charge in [-0.3, -0.25) is 14.4 Å². The molecule has 1 saturated heterocycles. The molecular formula is C27H43N3O3. The Kier molecular flexibility index (Phi) is 8.18. The van der Waals surface area contributed by atoms with Gasteiger partial charge in [-0.2, -0.15) is 0 Å². The molecule has 4 rings (SSSR count). The van der Waals surface area contributed by atoms with Crippen molar-refractivity contribution in [2.24, 2.45) is 5.92 Å². The van der Waals surface area contributed by atoms with E-state index in [2.05, 4.69) is 16.7 Å². The summed E-state index contributed by atoms with van der Waals surface area (Å²) in [5.41, 5.74) is 1.71. The predicted molar refractivity (Wildman–Crippen MR) is 133 cm³/mol. The van der Waals surface area contributed by atoms with Crippen LogP contribution in [0.5, 0.6) is 0 Å². The summed E-state index contributed by atoms with van der Waals surface area (Å²) >= 11 is 0. The van der Waals surface area contributed by atoms with Crippen molar-refractivity contribution in [2.45, 2.75) is 89.1 Å². The molecule has 33 heavy (non-hydrogen) atoms. The highest BCUT2D eigenvalue weighted by atomic mass is 16.2. The first-order chi connectivity index (χ1) is 16.0. The lowest BCUT2D eigenvalue weighted by Crippen LogP contribution is -2.46. The maximum absolute atomic E-state index is 13.1. The topological polar surface area (TPSA) is 78.5 Å². The first-order valence-corrected chi connectivity index (χ1v) is 13.0. The summed E-state index contributed by atoms with van der Waals surface area (Å²) in [5, 5.41) is 6.40. The van der Waals surface area contributed by atoms with Crippen molar-refractivity contribution in [3.05, 3.63) is 35.4 Å². The Hall–Kier alpha value is -2.21. The summed E-state index contributed by atoms with van der Waals surface area (Å²) in [6, 6.07) is 7.93. The Morgan fingerprint density at radius 1 is 1.06 bits per heavy atom. The van der Waals surface area contributed by atoms with E-state index in [0.717, 1.165) is 50.6 Å². The van der Waals surface area contributed by atoms with Gasteiger partial charge in [-0.15, -0.1) is 0 Å². The summed E-state index contributed by atoms with van der Waals surface area (Å²) in [6.07, 6.45) is 10.3. The molecule has 0 aromatic heterocycles. The minimum Gasteiger partial charge on any atom is -0.342 e. The zero-order chi connectivity index (χ0) is 23.2. The van der Waals surface area contributed by atoms with E-state index in [9.17, 15) is 14.4 Å². The number of carbonyl (C=O) groups excluding carboxylic acids is 3. The lowest BCUT2D eigenvalue weighted by atomic mass is 9.81. The lowest BCUT2D eigenvalue weighted by Gasteiger charge is -2.33. The summed E-state index contributed by atoms with van der Waals surface area (Å²) in [6.45, 7) is 3.81. The molecule has 3 aliphatic rings.